The fourth-order valence-corrected chi connectivity index (χ4v) is 6.48. The number of allylic oxidation sites excluding steroid dienone is 3. The summed E-state index contributed by atoms with van der Waals surface area (Å²) in [4.78, 5) is 2.76. The van der Waals surface area contributed by atoms with E-state index in [-0.39, 0.29) is 0 Å². The third-order valence-electron chi connectivity index (χ3n) is 7.54. The van der Waals surface area contributed by atoms with Crippen LogP contribution in [0, 0.1) is 0 Å². The third-order valence-corrected chi connectivity index (χ3v) is 7.54. The van der Waals surface area contributed by atoms with Gasteiger partial charge in [0.2, 0.25) is 0 Å². The van der Waals surface area contributed by atoms with Crippen LogP contribution < -0.4 is 10.4 Å². The number of para-hydroxylation sites is 1. The molecule has 2 heteroatoms. The maximum atomic E-state index is 2.76. The molecule has 2 unspecified atom stereocenters. The Hall–Kier alpha value is -1.44. The van der Waals surface area contributed by atoms with Crippen LogP contribution in [0.25, 0.3) is 0 Å². The van der Waals surface area contributed by atoms with Gasteiger partial charge in [0.05, 0.1) is 0 Å². The molecule has 0 aromatic heterocycles. The maximum absolute atomic E-state index is 2.76. The summed E-state index contributed by atoms with van der Waals surface area (Å²) < 4.78 is 0. The molecule has 1 aliphatic heterocycles. The van der Waals surface area contributed by atoms with E-state index >= 15 is 0 Å². The maximum Gasteiger partial charge on any atom is 0.187 e. The lowest BCUT2D eigenvalue weighted by atomic mass is 9.25. The smallest absolute Gasteiger partial charge is 0.187 e. The lowest BCUT2D eigenvalue weighted by molar-refractivity contribution is 0.409. The van der Waals surface area contributed by atoms with Gasteiger partial charge < -0.3 is 4.90 Å². The van der Waals surface area contributed by atoms with Crippen molar-refractivity contribution in [1.29, 1.82) is 0 Å². The van der Waals surface area contributed by atoms with Crippen LogP contribution in [0.4, 0.5) is 5.69 Å². The van der Waals surface area contributed by atoms with Gasteiger partial charge >= 0.3 is 0 Å². The zero-order chi connectivity index (χ0) is 17.3. The summed E-state index contributed by atoms with van der Waals surface area (Å²) in [6.07, 6.45) is 22.6. The Morgan fingerprint density at radius 1 is 0.846 bits per heavy atom. The largest absolute Gasteiger partial charge is 0.340 e. The molecule has 4 aliphatic rings. The number of hydrogen-bond acceptors (Lipinski definition) is 1. The number of nitrogens with zero attached hydrogens (tertiary/aromatic N) is 1. The van der Waals surface area contributed by atoms with E-state index in [1.165, 1.54) is 82.0 Å². The molecule has 3 aliphatic carbocycles. The molecule has 1 aromatic rings. The highest BCUT2D eigenvalue weighted by atomic mass is 15.2. The van der Waals surface area contributed by atoms with Crippen LogP contribution in [-0.2, 0) is 0 Å². The Balaban J connectivity index is 1.60. The molecule has 0 amide bonds. The highest BCUT2D eigenvalue weighted by Crippen LogP contribution is 2.48. The van der Waals surface area contributed by atoms with Crippen LogP contribution in [0.3, 0.4) is 0 Å². The predicted octanol–water partition coefficient (Wildman–Crippen LogP) is 6.09. The molecule has 136 valence electrons. The minimum absolute atomic E-state index is 0.722. The third kappa shape index (κ3) is 2.86. The Bertz CT molecular complexity index is 700. The molecule has 2 saturated carbocycles. The van der Waals surface area contributed by atoms with Crippen molar-refractivity contribution in [3.8, 4) is 0 Å². The Morgan fingerprint density at radius 3 is 2.50 bits per heavy atom. The van der Waals surface area contributed by atoms with Gasteiger partial charge in [0, 0.05) is 17.4 Å². The SMILES string of the molecule is C1=CC(N2c3ccccc3B(C3CCCCC3)C3CCCCC32)=CCC1. The Labute approximate surface area is 159 Å². The van der Waals surface area contributed by atoms with Crippen molar-refractivity contribution in [2.75, 3.05) is 4.90 Å². The van der Waals surface area contributed by atoms with Crippen LogP contribution >= 0.6 is 0 Å². The van der Waals surface area contributed by atoms with Gasteiger partial charge in [-0.2, -0.15) is 0 Å². The van der Waals surface area contributed by atoms with Crippen molar-refractivity contribution in [3.05, 3.63) is 48.2 Å². The molecule has 1 nitrogen and oxygen atoms in total. The molecule has 5 rings (SSSR count). The molecule has 0 N–H and O–H groups in total. The number of hydrogen-bond donors (Lipinski definition) is 0. The van der Waals surface area contributed by atoms with E-state index < -0.39 is 0 Å². The highest BCUT2D eigenvalue weighted by molar-refractivity contribution is 6.78. The van der Waals surface area contributed by atoms with Gasteiger partial charge in [-0.05, 0) is 37.2 Å². The second kappa shape index (κ2) is 7.29. The van der Waals surface area contributed by atoms with E-state index in [2.05, 4.69) is 47.4 Å². The zero-order valence-electron chi connectivity index (χ0n) is 16.1. The predicted molar refractivity (Wildman–Crippen MR) is 114 cm³/mol. The van der Waals surface area contributed by atoms with Gasteiger partial charge in [-0.25, -0.2) is 0 Å². The van der Waals surface area contributed by atoms with E-state index in [0.29, 0.717) is 0 Å². The summed E-state index contributed by atoms with van der Waals surface area (Å²) in [5.74, 6) is 1.78. The number of rotatable bonds is 2. The number of anilines is 1. The number of fused-ring (bicyclic) bond motifs is 2. The summed E-state index contributed by atoms with van der Waals surface area (Å²) >= 11 is 0. The van der Waals surface area contributed by atoms with Crippen LogP contribution in [0.1, 0.15) is 70.6 Å². The zero-order valence-corrected chi connectivity index (χ0v) is 16.1. The Morgan fingerprint density at radius 2 is 1.65 bits per heavy atom. The summed E-state index contributed by atoms with van der Waals surface area (Å²) in [7, 11) is 0. The molecular formula is C24H32BN. The highest BCUT2D eigenvalue weighted by Gasteiger charge is 2.47. The first-order valence-electron chi connectivity index (χ1n) is 11.2. The lowest BCUT2D eigenvalue weighted by Gasteiger charge is -2.51. The van der Waals surface area contributed by atoms with Gasteiger partial charge in [-0.3, -0.25) is 0 Å². The minimum Gasteiger partial charge on any atom is -0.340 e. The van der Waals surface area contributed by atoms with Gasteiger partial charge in [0.15, 0.2) is 6.71 Å². The van der Waals surface area contributed by atoms with E-state index in [1.54, 1.807) is 5.46 Å². The van der Waals surface area contributed by atoms with Gasteiger partial charge in [0.25, 0.3) is 0 Å². The first-order chi connectivity index (χ1) is 12.9. The molecule has 0 spiro atoms. The van der Waals surface area contributed by atoms with Crippen molar-refractivity contribution in [1.82, 2.24) is 0 Å². The Kier molecular flexibility index (Phi) is 4.69. The average molecular weight is 345 g/mol. The monoisotopic (exact) mass is 345 g/mol. The van der Waals surface area contributed by atoms with Crippen molar-refractivity contribution < 1.29 is 0 Å². The first kappa shape index (κ1) is 16.7. The molecule has 1 aromatic carbocycles. The standard InChI is InChI=1S/C24H32BN/c1-3-11-19(12-4-1)25-21-15-7-9-17-23(21)26(20-13-5-2-6-14-20)24-18-10-8-16-22(24)25/h5,7,9,13-15,17,19,22,24H,1-4,6,8,10-12,16,18H2. The summed E-state index contributed by atoms with van der Waals surface area (Å²) in [6.45, 7) is 0.807. The normalized spacial score (nSPS) is 29.2. The second-order valence-electron chi connectivity index (χ2n) is 8.98. The molecule has 2 fully saturated rings. The molecule has 0 radical (unpaired) electrons. The van der Waals surface area contributed by atoms with Gasteiger partial charge in [0.1, 0.15) is 0 Å². The summed E-state index contributed by atoms with van der Waals surface area (Å²) in [6, 6.07) is 10.2. The van der Waals surface area contributed by atoms with Crippen LogP contribution in [0.2, 0.25) is 11.6 Å². The fraction of sp³-hybridized carbons (Fsp3) is 0.583. The summed E-state index contributed by atoms with van der Waals surface area (Å²) in [5.41, 5.74) is 4.68. The number of benzene rings is 1. The van der Waals surface area contributed by atoms with Crippen molar-refractivity contribution >= 4 is 17.9 Å². The summed E-state index contributed by atoms with van der Waals surface area (Å²) in [5, 5.41) is 0. The van der Waals surface area contributed by atoms with Crippen molar-refractivity contribution in [2.45, 2.75) is 88.3 Å². The molecular weight excluding hydrogens is 313 g/mol. The fourth-order valence-electron chi connectivity index (χ4n) is 6.48. The van der Waals surface area contributed by atoms with Gasteiger partial charge in [-0.1, -0.05) is 93.0 Å². The minimum atomic E-state index is 0.722. The van der Waals surface area contributed by atoms with Crippen molar-refractivity contribution in [3.63, 3.8) is 0 Å². The van der Waals surface area contributed by atoms with Crippen LogP contribution in [0.5, 0.6) is 0 Å². The molecule has 26 heavy (non-hydrogen) atoms. The second-order valence-corrected chi connectivity index (χ2v) is 8.98. The van der Waals surface area contributed by atoms with E-state index in [1.807, 2.05) is 0 Å². The van der Waals surface area contributed by atoms with Crippen LogP contribution in [-0.4, -0.2) is 12.8 Å². The molecule has 0 bridgehead atoms. The van der Waals surface area contributed by atoms with E-state index in [4.69, 9.17) is 0 Å². The average Bonchev–Trinajstić information content (AvgIpc) is 2.73. The van der Waals surface area contributed by atoms with Gasteiger partial charge in [-0.15, -0.1) is 0 Å². The molecule has 2 atom stereocenters. The quantitative estimate of drug-likeness (QED) is 0.586. The topological polar surface area (TPSA) is 3.24 Å². The van der Waals surface area contributed by atoms with Crippen molar-refractivity contribution in [2.24, 2.45) is 0 Å². The first-order valence-corrected chi connectivity index (χ1v) is 11.2. The molecule has 1 heterocycles. The molecule has 0 saturated heterocycles. The lowest BCUT2D eigenvalue weighted by Crippen LogP contribution is -2.57. The van der Waals surface area contributed by atoms with E-state index in [0.717, 1.165) is 24.4 Å². The van der Waals surface area contributed by atoms with E-state index in [9.17, 15) is 0 Å². The van der Waals surface area contributed by atoms with Crippen LogP contribution in [0.15, 0.2) is 48.2 Å².